The maximum atomic E-state index is 13.0. The van der Waals surface area contributed by atoms with E-state index in [1.807, 2.05) is 37.3 Å². The third-order valence-electron chi connectivity index (χ3n) is 2.01. The van der Waals surface area contributed by atoms with Crippen LogP contribution in [0.3, 0.4) is 0 Å². The lowest BCUT2D eigenvalue weighted by Crippen LogP contribution is -2.09. The molecule has 14 heavy (non-hydrogen) atoms. The molecule has 0 bridgehead atoms. The fourth-order valence-corrected chi connectivity index (χ4v) is 1.28. The van der Waals surface area contributed by atoms with Crippen molar-refractivity contribution >= 4 is 0 Å². The Morgan fingerprint density at radius 2 is 2.00 bits per heavy atom. The van der Waals surface area contributed by atoms with E-state index in [4.69, 9.17) is 4.74 Å². The highest BCUT2D eigenvalue weighted by molar-refractivity contribution is 5.13. The van der Waals surface area contributed by atoms with Crippen molar-refractivity contribution in [1.29, 1.82) is 0 Å². The van der Waals surface area contributed by atoms with E-state index in [0.717, 1.165) is 12.0 Å². The van der Waals surface area contributed by atoms with Gasteiger partial charge < -0.3 is 4.74 Å². The molecule has 0 aliphatic rings. The van der Waals surface area contributed by atoms with Crippen LogP contribution in [0.5, 0.6) is 0 Å². The van der Waals surface area contributed by atoms with E-state index in [0.29, 0.717) is 13.0 Å². The summed E-state index contributed by atoms with van der Waals surface area (Å²) in [5.41, 5.74) is 1.09. The number of alkyl halides is 1. The molecular formula is C12H17FO. The van der Waals surface area contributed by atoms with Crippen molar-refractivity contribution in [3.05, 3.63) is 35.9 Å². The van der Waals surface area contributed by atoms with E-state index in [1.54, 1.807) is 0 Å². The monoisotopic (exact) mass is 196 g/mol. The lowest BCUT2D eigenvalue weighted by atomic mass is 10.2. The molecule has 1 aromatic rings. The molecule has 0 saturated heterocycles. The first kappa shape index (κ1) is 11.2. The zero-order valence-electron chi connectivity index (χ0n) is 8.58. The summed E-state index contributed by atoms with van der Waals surface area (Å²) < 4.78 is 18.2. The van der Waals surface area contributed by atoms with Gasteiger partial charge in [0.2, 0.25) is 0 Å². The quantitative estimate of drug-likeness (QED) is 0.678. The van der Waals surface area contributed by atoms with Gasteiger partial charge in [0.05, 0.1) is 13.2 Å². The average molecular weight is 196 g/mol. The zero-order chi connectivity index (χ0) is 10.2. The van der Waals surface area contributed by atoms with Gasteiger partial charge in [0.15, 0.2) is 0 Å². The van der Waals surface area contributed by atoms with Crippen LogP contribution in [0.2, 0.25) is 0 Å². The highest BCUT2D eigenvalue weighted by Gasteiger charge is 2.04. The van der Waals surface area contributed by atoms with Crippen molar-refractivity contribution < 1.29 is 9.13 Å². The Hall–Kier alpha value is -0.890. The van der Waals surface area contributed by atoms with Crippen molar-refractivity contribution in [2.75, 3.05) is 6.61 Å². The van der Waals surface area contributed by atoms with E-state index in [9.17, 15) is 4.39 Å². The minimum absolute atomic E-state index is 0.211. The molecule has 2 heteroatoms. The van der Waals surface area contributed by atoms with E-state index >= 15 is 0 Å². The zero-order valence-corrected chi connectivity index (χ0v) is 8.58. The Morgan fingerprint density at radius 1 is 1.29 bits per heavy atom. The maximum Gasteiger partial charge on any atom is 0.123 e. The van der Waals surface area contributed by atoms with Gasteiger partial charge in [0, 0.05) is 0 Å². The highest BCUT2D eigenvalue weighted by Crippen LogP contribution is 2.05. The molecule has 0 saturated carbocycles. The van der Waals surface area contributed by atoms with Gasteiger partial charge in [0.25, 0.3) is 0 Å². The fourth-order valence-electron chi connectivity index (χ4n) is 1.28. The largest absolute Gasteiger partial charge is 0.374 e. The molecule has 0 aromatic heterocycles. The predicted octanol–water partition coefficient (Wildman–Crippen LogP) is 3.34. The van der Waals surface area contributed by atoms with Crippen molar-refractivity contribution in [2.45, 2.75) is 32.5 Å². The highest BCUT2D eigenvalue weighted by atomic mass is 19.1. The molecule has 0 fully saturated rings. The standard InChI is InChI=1S/C12H17FO/c1-2-6-12(13)10-14-9-11-7-4-3-5-8-11/h3-5,7-8,12H,2,6,9-10H2,1H3/t12-/m0/s1. The van der Waals surface area contributed by atoms with Crippen LogP contribution in [0.1, 0.15) is 25.3 Å². The van der Waals surface area contributed by atoms with Gasteiger partial charge in [0.1, 0.15) is 6.17 Å². The van der Waals surface area contributed by atoms with Crippen LogP contribution in [0.15, 0.2) is 30.3 Å². The lowest BCUT2D eigenvalue weighted by molar-refractivity contribution is 0.0662. The lowest BCUT2D eigenvalue weighted by Gasteiger charge is -2.07. The van der Waals surface area contributed by atoms with Crippen LogP contribution >= 0.6 is 0 Å². The van der Waals surface area contributed by atoms with Crippen molar-refractivity contribution in [3.8, 4) is 0 Å². The van der Waals surface area contributed by atoms with Gasteiger partial charge in [-0.2, -0.15) is 0 Å². The molecule has 0 aliphatic heterocycles. The second-order valence-corrected chi connectivity index (χ2v) is 3.39. The Bertz CT molecular complexity index is 235. The van der Waals surface area contributed by atoms with E-state index in [-0.39, 0.29) is 6.61 Å². The molecule has 1 nitrogen and oxygen atoms in total. The summed E-state index contributed by atoms with van der Waals surface area (Å²) in [6.07, 6.45) is 0.647. The maximum absolute atomic E-state index is 13.0. The normalized spacial score (nSPS) is 12.7. The minimum Gasteiger partial charge on any atom is -0.374 e. The first-order valence-corrected chi connectivity index (χ1v) is 5.08. The number of halogens is 1. The molecule has 0 unspecified atom stereocenters. The number of benzene rings is 1. The number of rotatable bonds is 6. The van der Waals surface area contributed by atoms with Gasteiger partial charge in [-0.3, -0.25) is 0 Å². The molecule has 0 N–H and O–H groups in total. The molecule has 78 valence electrons. The Labute approximate surface area is 84.9 Å². The molecule has 1 rings (SSSR count). The minimum atomic E-state index is -0.816. The van der Waals surface area contributed by atoms with Gasteiger partial charge in [-0.1, -0.05) is 43.7 Å². The predicted molar refractivity (Wildman–Crippen MR) is 55.9 cm³/mol. The Kier molecular flexibility index (Phi) is 5.23. The molecule has 1 aromatic carbocycles. The van der Waals surface area contributed by atoms with Crippen LogP contribution < -0.4 is 0 Å². The van der Waals surface area contributed by atoms with Gasteiger partial charge >= 0.3 is 0 Å². The molecule has 0 radical (unpaired) electrons. The molecule has 0 spiro atoms. The Balaban J connectivity index is 2.16. The topological polar surface area (TPSA) is 9.23 Å². The van der Waals surface area contributed by atoms with Crippen LogP contribution in [0.25, 0.3) is 0 Å². The number of hydrogen-bond acceptors (Lipinski definition) is 1. The third kappa shape index (κ3) is 4.38. The Morgan fingerprint density at radius 3 is 2.64 bits per heavy atom. The van der Waals surface area contributed by atoms with Crippen LogP contribution in [0.4, 0.5) is 4.39 Å². The molecule has 0 heterocycles. The van der Waals surface area contributed by atoms with Crippen molar-refractivity contribution in [3.63, 3.8) is 0 Å². The van der Waals surface area contributed by atoms with Gasteiger partial charge in [-0.05, 0) is 12.0 Å². The first-order valence-electron chi connectivity index (χ1n) is 5.08. The van der Waals surface area contributed by atoms with Crippen molar-refractivity contribution in [2.24, 2.45) is 0 Å². The van der Waals surface area contributed by atoms with Gasteiger partial charge in [-0.25, -0.2) is 4.39 Å². The van der Waals surface area contributed by atoms with Crippen molar-refractivity contribution in [1.82, 2.24) is 0 Å². The van der Waals surface area contributed by atoms with Crippen LogP contribution in [-0.4, -0.2) is 12.8 Å². The summed E-state index contributed by atoms with van der Waals surface area (Å²) in [6.45, 7) is 2.69. The summed E-state index contributed by atoms with van der Waals surface area (Å²) >= 11 is 0. The summed E-state index contributed by atoms with van der Waals surface area (Å²) in [5, 5.41) is 0. The second-order valence-electron chi connectivity index (χ2n) is 3.39. The van der Waals surface area contributed by atoms with E-state index < -0.39 is 6.17 Å². The summed E-state index contributed by atoms with van der Waals surface area (Å²) in [6, 6.07) is 9.83. The summed E-state index contributed by atoms with van der Waals surface area (Å²) in [4.78, 5) is 0. The molecule has 1 atom stereocenters. The molecular weight excluding hydrogens is 179 g/mol. The summed E-state index contributed by atoms with van der Waals surface area (Å²) in [5.74, 6) is 0. The third-order valence-corrected chi connectivity index (χ3v) is 2.01. The number of ether oxygens (including phenoxy) is 1. The number of hydrogen-bond donors (Lipinski definition) is 0. The van der Waals surface area contributed by atoms with Gasteiger partial charge in [-0.15, -0.1) is 0 Å². The second kappa shape index (κ2) is 6.55. The average Bonchev–Trinajstić information content (AvgIpc) is 2.20. The SMILES string of the molecule is CCC[C@H](F)COCc1ccccc1. The smallest absolute Gasteiger partial charge is 0.123 e. The summed E-state index contributed by atoms with van der Waals surface area (Å²) in [7, 11) is 0. The van der Waals surface area contributed by atoms with Crippen LogP contribution in [-0.2, 0) is 11.3 Å². The first-order chi connectivity index (χ1) is 6.83. The van der Waals surface area contributed by atoms with E-state index in [2.05, 4.69) is 0 Å². The fraction of sp³-hybridized carbons (Fsp3) is 0.500. The molecule has 0 aliphatic carbocycles. The van der Waals surface area contributed by atoms with E-state index in [1.165, 1.54) is 0 Å². The van der Waals surface area contributed by atoms with Crippen LogP contribution in [0, 0.1) is 0 Å². The molecule has 0 amide bonds.